The molecule has 2 amide bonds. The first kappa shape index (κ1) is 32.5. The SMILES string of the molecule is CCC(C(=O)NCC(C)C)N(Cc1ccc(OC)cc1)C(=O)CN(c1cccc(OC)c1)S(=O)(=O)c1ccc(C)cc1. The number of carbonyl (C=O) groups excluding carboxylic acids is 2. The van der Waals surface area contributed by atoms with E-state index in [1.807, 2.05) is 39.8 Å². The van der Waals surface area contributed by atoms with Gasteiger partial charge in [0.2, 0.25) is 11.8 Å². The standard InChI is InChI=1S/C32H41N3O6S/c1-7-30(32(37)33-20-23(2)3)34(21-25-13-15-27(40-5)16-14-25)31(36)22-35(26-9-8-10-28(19-26)41-6)42(38,39)29-17-11-24(4)12-18-29/h8-19,23,30H,7,20-22H2,1-6H3,(H,33,37). The maximum Gasteiger partial charge on any atom is 0.264 e. The van der Waals surface area contributed by atoms with E-state index in [4.69, 9.17) is 9.47 Å². The molecule has 0 spiro atoms. The number of nitrogens with one attached hydrogen (secondary N) is 1. The Kier molecular flexibility index (Phi) is 11.4. The van der Waals surface area contributed by atoms with Crippen molar-refractivity contribution in [3.63, 3.8) is 0 Å². The molecule has 0 aliphatic heterocycles. The summed E-state index contributed by atoms with van der Waals surface area (Å²) in [4.78, 5) is 29.0. The Bertz CT molecular complexity index is 1440. The number of hydrogen-bond acceptors (Lipinski definition) is 6. The number of sulfonamides is 1. The summed E-state index contributed by atoms with van der Waals surface area (Å²) in [5.74, 6) is 0.518. The molecule has 0 saturated heterocycles. The quantitative estimate of drug-likeness (QED) is 0.288. The maximum atomic E-state index is 14.2. The zero-order chi connectivity index (χ0) is 30.9. The minimum absolute atomic E-state index is 0.0483. The van der Waals surface area contributed by atoms with Crippen LogP contribution >= 0.6 is 0 Å². The highest BCUT2D eigenvalue weighted by Gasteiger charge is 2.33. The molecule has 0 saturated carbocycles. The first-order valence-corrected chi connectivity index (χ1v) is 15.4. The van der Waals surface area contributed by atoms with Crippen molar-refractivity contribution in [1.29, 1.82) is 0 Å². The predicted octanol–water partition coefficient (Wildman–Crippen LogP) is 4.79. The summed E-state index contributed by atoms with van der Waals surface area (Å²) < 4.78 is 39.7. The summed E-state index contributed by atoms with van der Waals surface area (Å²) in [6.45, 7) is 7.72. The van der Waals surface area contributed by atoms with Gasteiger partial charge in [-0.05, 0) is 61.2 Å². The Morgan fingerprint density at radius 1 is 0.905 bits per heavy atom. The second-order valence-corrected chi connectivity index (χ2v) is 12.3. The van der Waals surface area contributed by atoms with Crippen molar-refractivity contribution in [3.8, 4) is 11.5 Å². The van der Waals surface area contributed by atoms with Gasteiger partial charge in [0, 0.05) is 19.2 Å². The van der Waals surface area contributed by atoms with Gasteiger partial charge in [0.1, 0.15) is 24.1 Å². The lowest BCUT2D eigenvalue weighted by molar-refractivity contribution is -0.140. The molecule has 0 aromatic heterocycles. The topological polar surface area (TPSA) is 105 Å². The van der Waals surface area contributed by atoms with E-state index in [0.29, 0.717) is 24.5 Å². The summed E-state index contributed by atoms with van der Waals surface area (Å²) in [5, 5.41) is 2.93. The molecule has 0 bridgehead atoms. The lowest BCUT2D eigenvalue weighted by Crippen LogP contribution is -2.52. The van der Waals surface area contributed by atoms with Gasteiger partial charge in [-0.25, -0.2) is 8.42 Å². The molecule has 0 aliphatic rings. The van der Waals surface area contributed by atoms with E-state index in [2.05, 4.69) is 5.32 Å². The number of hydrogen-bond donors (Lipinski definition) is 1. The van der Waals surface area contributed by atoms with Gasteiger partial charge < -0.3 is 19.7 Å². The van der Waals surface area contributed by atoms with E-state index in [1.165, 1.54) is 24.1 Å². The second kappa shape index (κ2) is 14.7. The van der Waals surface area contributed by atoms with E-state index in [-0.39, 0.29) is 29.0 Å². The first-order valence-electron chi connectivity index (χ1n) is 13.9. The van der Waals surface area contributed by atoms with Crippen molar-refractivity contribution in [1.82, 2.24) is 10.2 Å². The molecule has 0 heterocycles. The van der Waals surface area contributed by atoms with Gasteiger partial charge in [0.05, 0.1) is 24.8 Å². The Labute approximate surface area is 249 Å². The molecule has 0 radical (unpaired) electrons. The molecule has 226 valence electrons. The summed E-state index contributed by atoms with van der Waals surface area (Å²) in [7, 11) is -1.11. The fraction of sp³-hybridized carbons (Fsp3) is 0.375. The van der Waals surface area contributed by atoms with Gasteiger partial charge >= 0.3 is 0 Å². The Morgan fingerprint density at radius 3 is 2.12 bits per heavy atom. The average Bonchev–Trinajstić information content (AvgIpc) is 2.99. The number of rotatable bonds is 14. The van der Waals surface area contributed by atoms with Crippen LogP contribution in [0.2, 0.25) is 0 Å². The largest absolute Gasteiger partial charge is 0.497 e. The van der Waals surface area contributed by atoms with Crippen molar-refractivity contribution < 1.29 is 27.5 Å². The number of methoxy groups -OCH3 is 2. The van der Waals surface area contributed by atoms with E-state index >= 15 is 0 Å². The van der Waals surface area contributed by atoms with Gasteiger partial charge in [0.25, 0.3) is 10.0 Å². The third kappa shape index (κ3) is 8.25. The fourth-order valence-corrected chi connectivity index (χ4v) is 5.81. The highest BCUT2D eigenvalue weighted by Crippen LogP contribution is 2.28. The van der Waals surface area contributed by atoms with Crippen LogP contribution in [0, 0.1) is 12.8 Å². The summed E-state index contributed by atoms with van der Waals surface area (Å²) in [6.07, 6.45) is 0.343. The zero-order valence-corrected chi connectivity index (χ0v) is 26.0. The summed E-state index contributed by atoms with van der Waals surface area (Å²) in [6, 6.07) is 19.4. The maximum absolute atomic E-state index is 14.2. The van der Waals surface area contributed by atoms with Gasteiger partial charge in [-0.15, -0.1) is 0 Å². The minimum atomic E-state index is -4.17. The third-order valence-electron chi connectivity index (χ3n) is 6.81. The number of ether oxygens (including phenoxy) is 2. The number of carbonyl (C=O) groups is 2. The van der Waals surface area contributed by atoms with E-state index in [9.17, 15) is 18.0 Å². The molecule has 3 aromatic rings. The van der Waals surface area contributed by atoms with Gasteiger partial charge in [-0.3, -0.25) is 13.9 Å². The van der Waals surface area contributed by atoms with E-state index in [0.717, 1.165) is 15.4 Å². The second-order valence-electron chi connectivity index (χ2n) is 10.5. The summed E-state index contributed by atoms with van der Waals surface area (Å²) in [5.41, 5.74) is 1.94. The van der Waals surface area contributed by atoms with Crippen molar-refractivity contribution in [2.45, 2.75) is 51.6 Å². The summed E-state index contributed by atoms with van der Waals surface area (Å²) >= 11 is 0. The molecule has 1 N–H and O–H groups in total. The predicted molar refractivity (Wildman–Crippen MR) is 164 cm³/mol. The molecule has 0 fully saturated rings. The number of anilines is 1. The first-order chi connectivity index (χ1) is 20.0. The Hall–Kier alpha value is -4.05. The Balaban J connectivity index is 2.06. The molecular formula is C32H41N3O6S. The van der Waals surface area contributed by atoms with Crippen LogP contribution in [0.25, 0.3) is 0 Å². The van der Waals surface area contributed by atoms with E-state index in [1.54, 1.807) is 55.6 Å². The Morgan fingerprint density at radius 2 is 1.55 bits per heavy atom. The normalized spacial score (nSPS) is 12.0. The monoisotopic (exact) mass is 595 g/mol. The van der Waals surface area contributed by atoms with Gasteiger partial charge in [-0.1, -0.05) is 56.7 Å². The average molecular weight is 596 g/mol. The fourth-order valence-electron chi connectivity index (χ4n) is 4.40. The molecule has 10 heteroatoms. The molecule has 1 unspecified atom stereocenters. The smallest absolute Gasteiger partial charge is 0.264 e. The zero-order valence-electron chi connectivity index (χ0n) is 25.2. The van der Waals surface area contributed by atoms with Crippen molar-refractivity contribution in [2.75, 3.05) is 31.6 Å². The molecular weight excluding hydrogens is 554 g/mol. The molecule has 3 rings (SSSR count). The van der Waals surface area contributed by atoms with Crippen LogP contribution in [0.15, 0.2) is 77.7 Å². The number of benzene rings is 3. The van der Waals surface area contributed by atoms with Gasteiger partial charge in [-0.2, -0.15) is 0 Å². The highest BCUT2D eigenvalue weighted by atomic mass is 32.2. The van der Waals surface area contributed by atoms with Crippen molar-refractivity contribution in [2.24, 2.45) is 5.92 Å². The van der Waals surface area contributed by atoms with Crippen LogP contribution < -0.4 is 19.1 Å². The molecule has 3 aromatic carbocycles. The van der Waals surface area contributed by atoms with Crippen LogP contribution in [-0.4, -0.2) is 58.5 Å². The molecule has 0 aliphatic carbocycles. The number of nitrogens with zero attached hydrogens (tertiary/aromatic N) is 2. The molecule has 1 atom stereocenters. The van der Waals surface area contributed by atoms with E-state index < -0.39 is 28.5 Å². The van der Waals surface area contributed by atoms with Crippen LogP contribution in [-0.2, 0) is 26.2 Å². The third-order valence-corrected chi connectivity index (χ3v) is 8.60. The van der Waals surface area contributed by atoms with Crippen molar-refractivity contribution >= 4 is 27.5 Å². The van der Waals surface area contributed by atoms with Crippen LogP contribution in [0.3, 0.4) is 0 Å². The van der Waals surface area contributed by atoms with Crippen LogP contribution in [0.4, 0.5) is 5.69 Å². The highest BCUT2D eigenvalue weighted by molar-refractivity contribution is 7.92. The van der Waals surface area contributed by atoms with Crippen molar-refractivity contribution in [3.05, 3.63) is 83.9 Å². The lowest BCUT2D eigenvalue weighted by atomic mass is 10.1. The number of amides is 2. The molecule has 9 nitrogen and oxygen atoms in total. The molecule has 42 heavy (non-hydrogen) atoms. The lowest BCUT2D eigenvalue weighted by Gasteiger charge is -2.33. The van der Waals surface area contributed by atoms with Crippen LogP contribution in [0.1, 0.15) is 38.3 Å². The van der Waals surface area contributed by atoms with Crippen LogP contribution in [0.5, 0.6) is 11.5 Å². The minimum Gasteiger partial charge on any atom is -0.497 e. The number of aryl methyl sites for hydroxylation is 1. The van der Waals surface area contributed by atoms with Gasteiger partial charge in [0.15, 0.2) is 0 Å².